The Kier molecular flexibility index (Phi) is 8.62. The zero-order chi connectivity index (χ0) is 42.9. The third-order valence-electron chi connectivity index (χ3n) is 13.3. The molecule has 1 aliphatic carbocycles. The van der Waals surface area contributed by atoms with Crippen molar-refractivity contribution in [2.45, 2.75) is 5.41 Å². The van der Waals surface area contributed by atoms with Gasteiger partial charge in [-0.25, -0.2) is 0 Å². The van der Waals surface area contributed by atoms with E-state index >= 15 is 0 Å². The third kappa shape index (κ3) is 5.74. The number of fused-ring (bicyclic) bond motifs is 12. The molecule has 0 N–H and O–H groups in total. The number of benzene rings is 10. The van der Waals surface area contributed by atoms with Crippen molar-refractivity contribution < 1.29 is 4.74 Å². The van der Waals surface area contributed by atoms with Gasteiger partial charge in [0.2, 0.25) is 0 Å². The average molecular weight is 849 g/mol. The molecule has 306 valence electrons. The van der Waals surface area contributed by atoms with Gasteiger partial charge in [-0.1, -0.05) is 164 Å². The normalized spacial score (nSPS) is 12.9. The number of hydrogen-bond donors (Lipinski definition) is 0. The van der Waals surface area contributed by atoms with Crippen LogP contribution in [0, 0.1) is 0 Å². The molecule has 11 aromatic rings. The van der Waals surface area contributed by atoms with Crippen LogP contribution < -0.4 is 14.5 Å². The lowest BCUT2D eigenvalue weighted by atomic mass is 9.65. The average Bonchev–Trinajstić information content (AvgIpc) is 3.89. The van der Waals surface area contributed by atoms with Crippen LogP contribution in [0.5, 0.6) is 11.5 Å². The summed E-state index contributed by atoms with van der Waals surface area (Å²) in [5, 5.41) is 2.55. The van der Waals surface area contributed by atoms with Gasteiger partial charge in [0.1, 0.15) is 11.5 Å². The van der Waals surface area contributed by atoms with Crippen molar-refractivity contribution in [3.8, 4) is 33.8 Å². The molecular formula is C61H40N2OS. The van der Waals surface area contributed by atoms with Gasteiger partial charge in [0.25, 0.3) is 0 Å². The highest BCUT2D eigenvalue weighted by Crippen LogP contribution is 2.64. The molecule has 10 aromatic carbocycles. The molecule has 13 rings (SSSR count). The quantitative estimate of drug-likeness (QED) is 0.159. The fourth-order valence-corrected chi connectivity index (χ4v) is 11.9. The summed E-state index contributed by atoms with van der Waals surface area (Å²) < 4.78 is 9.57. The van der Waals surface area contributed by atoms with Crippen LogP contribution >= 0.6 is 11.3 Å². The molecule has 0 bridgehead atoms. The summed E-state index contributed by atoms with van der Waals surface area (Å²) in [6, 6.07) is 88.0. The highest BCUT2D eigenvalue weighted by molar-refractivity contribution is 7.26. The second-order valence-corrected chi connectivity index (χ2v) is 17.9. The lowest BCUT2D eigenvalue weighted by molar-refractivity contribution is 0.437. The van der Waals surface area contributed by atoms with Crippen molar-refractivity contribution >= 4 is 65.6 Å². The molecule has 0 saturated carbocycles. The van der Waals surface area contributed by atoms with Gasteiger partial charge in [-0.3, -0.25) is 0 Å². The molecule has 1 spiro atoms. The molecule has 0 amide bonds. The topological polar surface area (TPSA) is 15.7 Å². The second kappa shape index (κ2) is 15.0. The fourth-order valence-electron chi connectivity index (χ4n) is 10.7. The molecule has 65 heavy (non-hydrogen) atoms. The number of nitrogens with zero attached hydrogens (tertiary/aromatic N) is 2. The Labute approximate surface area is 382 Å². The lowest BCUT2D eigenvalue weighted by Crippen LogP contribution is -2.34. The van der Waals surface area contributed by atoms with Crippen molar-refractivity contribution in [2.75, 3.05) is 9.80 Å². The fraction of sp³-hybridized carbons (Fsp3) is 0.0164. The van der Waals surface area contributed by atoms with Crippen LogP contribution in [0.3, 0.4) is 0 Å². The molecule has 3 nitrogen and oxygen atoms in total. The van der Waals surface area contributed by atoms with Crippen LogP contribution in [-0.4, -0.2) is 0 Å². The maximum atomic E-state index is 7.07. The highest BCUT2D eigenvalue weighted by atomic mass is 32.1. The Balaban J connectivity index is 1.10. The van der Waals surface area contributed by atoms with Crippen LogP contribution in [-0.2, 0) is 5.41 Å². The number of hydrogen-bond acceptors (Lipinski definition) is 4. The van der Waals surface area contributed by atoms with Gasteiger partial charge in [0.15, 0.2) is 0 Å². The molecule has 0 atom stereocenters. The molecule has 0 saturated heterocycles. The molecule has 1 aromatic heterocycles. The number of ether oxygens (including phenoxy) is 1. The minimum Gasteiger partial charge on any atom is -0.457 e. The van der Waals surface area contributed by atoms with Crippen molar-refractivity contribution in [3.05, 3.63) is 265 Å². The van der Waals surface area contributed by atoms with Gasteiger partial charge in [0.05, 0.1) is 11.1 Å². The summed E-state index contributed by atoms with van der Waals surface area (Å²) >= 11 is 1.86. The van der Waals surface area contributed by atoms with E-state index in [1.54, 1.807) is 0 Å². The van der Waals surface area contributed by atoms with Crippen LogP contribution in [0.4, 0.5) is 34.1 Å². The maximum Gasteiger partial charge on any atom is 0.134 e. The smallest absolute Gasteiger partial charge is 0.134 e. The van der Waals surface area contributed by atoms with Crippen molar-refractivity contribution in [3.63, 3.8) is 0 Å². The van der Waals surface area contributed by atoms with E-state index in [0.717, 1.165) is 56.8 Å². The minimum atomic E-state index is -0.670. The summed E-state index contributed by atoms with van der Waals surface area (Å²) in [4.78, 5) is 4.81. The predicted octanol–water partition coefficient (Wildman–Crippen LogP) is 17.1. The van der Waals surface area contributed by atoms with Gasteiger partial charge in [0, 0.05) is 59.7 Å². The van der Waals surface area contributed by atoms with Gasteiger partial charge in [-0.2, -0.15) is 0 Å². The van der Waals surface area contributed by atoms with Crippen molar-refractivity contribution in [2.24, 2.45) is 0 Å². The highest BCUT2D eigenvalue weighted by Gasteiger charge is 2.52. The Bertz CT molecular complexity index is 3510. The van der Waals surface area contributed by atoms with E-state index in [-0.39, 0.29) is 0 Å². The molecule has 2 aliphatic rings. The summed E-state index contributed by atoms with van der Waals surface area (Å²) in [6.07, 6.45) is 0. The molecule has 2 heterocycles. The molecule has 0 radical (unpaired) electrons. The van der Waals surface area contributed by atoms with Gasteiger partial charge in [-0.05, 0) is 112 Å². The van der Waals surface area contributed by atoms with Crippen LogP contribution in [0.1, 0.15) is 22.3 Å². The summed E-state index contributed by atoms with van der Waals surface area (Å²) in [7, 11) is 0. The third-order valence-corrected chi connectivity index (χ3v) is 14.4. The predicted molar refractivity (Wildman–Crippen MR) is 272 cm³/mol. The Morgan fingerprint density at radius 1 is 0.354 bits per heavy atom. The number of para-hydroxylation sites is 3. The van der Waals surface area contributed by atoms with E-state index in [9.17, 15) is 0 Å². The lowest BCUT2D eigenvalue weighted by Gasteiger charge is -2.42. The summed E-state index contributed by atoms with van der Waals surface area (Å²) in [6.45, 7) is 0. The zero-order valence-corrected chi connectivity index (χ0v) is 36.1. The first-order valence-corrected chi connectivity index (χ1v) is 23.0. The second-order valence-electron chi connectivity index (χ2n) is 16.8. The number of thiophene rings is 1. The van der Waals surface area contributed by atoms with Crippen molar-refractivity contribution in [1.29, 1.82) is 0 Å². The Hall–Kier alpha value is -8.18. The number of rotatable bonds is 7. The molecule has 0 unspecified atom stereocenters. The van der Waals surface area contributed by atoms with E-state index in [4.69, 9.17) is 4.74 Å². The van der Waals surface area contributed by atoms with Crippen molar-refractivity contribution in [1.82, 2.24) is 0 Å². The van der Waals surface area contributed by atoms with Crippen LogP contribution in [0.25, 0.3) is 42.4 Å². The largest absolute Gasteiger partial charge is 0.457 e. The van der Waals surface area contributed by atoms with E-state index in [1.807, 2.05) is 11.3 Å². The van der Waals surface area contributed by atoms with E-state index in [1.165, 1.54) is 53.6 Å². The van der Waals surface area contributed by atoms with Crippen LogP contribution in [0.15, 0.2) is 243 Å². The SMILES string of the molecule is c1ccc(-c2cccc3sc4cc(N(c5cccc(N(c6ccccc6)c6ccccc6)c5)c5cccc6c5C5(c7ccccc7O6)c6ccccc6-c6ccccc65)ccc4c23)cc1. The Morgan fingerprint density at radius 3 is 1.58 bits per heavy atom. The van der Waals surface area contributed by atoms with Crippen LogP contribution in [0.2, 0.25) is 0 Å². The molecular weight excluding hydrogens is 809 g/mol. The molecule has 0 fully saturated rings. The van der Waals surface area contributed by atoms with E-state index in [2.05, 4.69) is 252 Å². The minimum absolute atomic E-state index is 0.670. The standard InChI is InChI=1S/C61H40N2OS/c1-4-19-41(20-5-1)47-29-17-36-57-59(47)50-38-37-46(40-58(50)65-57)63(45-26-16-25-44(39-45)62(42-21-6-2-7-22-42)43-23-8-3-9-24-43)54-33-18-35-56-60(54)61(53-32-14-15-34-55(53)64-56)51-30-12-10-27-48(51)49-28-11-13-31-52(49)61/h1-40H. The summed E-state index contributed by atoms with van der Waals surface area (Å²) in [5.74, 6) is 1.72. The van der Waals surface area contributed by atoms with Gasteiger partial charge < -0.3 is 14.5 Å². The number of anilines is 6. The van der Waals surface area contributed by atoms with Gasteiger partial charge >= 0.3 is 0 Å². The Morgan fingerprint density at radius 2 is 0.877 bits per heavy atom. The molecule has 4 heteroatoms. The van der Waals surface area contributed by atoms with Gasteiger partial charge in [-0.15, -0.1) is 11.3 Å². The first-order chi connectivity index (χ1) is 32.3. The van der Waals surface area contributed by atoms with E-state index in [0.29, 0.717) is 0 Å². The zero-order valence-electron chi connectivity index (χ0n) is 35.3. The maximum absolute atomic E-state index is 7.07. The summed E-state index contributed by atoms with van der Waals surface area (Å²) in [5.41, 5.74) is 15.4. The first-order valence-electron chi connectivity index (χ1n) is 22.2. The molecule has 1 aliphatic heterocycles. The first kappa shape index (κ1) is 37.4. The van der Waals surface area contributed by atoms with E-state index < -0.39 is 5.41 Å². The monoisotopic (exact) mass is 848 g/mol.